The van der Waals surface area contributed by atoms with Crippen LogP contribution in [-0.4, -0.2) is 15.5 Å². The zero-order chi connectivity index (χ0) is 24.1. The van der Waals surface area contributed by atoms with Gasteiger partial charge in [0.25, 0.3) is 0 Å². The minimum absolute atomic E-state index is 0.149. The third kappa shape index (κ3) is 3.76. The normalized spacial score (nSPS) is 16.8. The van der Waals surface area contributed by atoms with Crippen LogP contribution in [0.4, 0.5) is 14.9 Å². The average molecular weight is 486 g/mol. The third-order valence-corrected chi connectivity index (χ3v) is 8.81. The number of aryl methyl sites for hydroxylation is 2. The molecule has 0 unspecified atom stereocenters. The van der Waals surface area contributed by atoms with E-state index >= 15 is 0 Å². The average Bonchev–Trinajstić information content (AvgIpc) is 3.45. The lowest BCUT2D eigenvalue weighted by molar-refractivity contribution is 0.194. The first kappa shape index (κ1) is 22.1. The first-order chi connectivity index (χ1) is 17.0. The highest BCUT2D eigenvalue weighted by atomic mass is 32.1. The van der Waals surface area contributed by atoms with Crippen LogP contribution in [0.25, 0.3) is 5.00 Å². The number of fused-ring (bicyclic) bond motifs is 5. The maximum absolute atomic E-state index is 14.0. The Morgan fingerprint density at radius 1 is 1.00 bits per heavy atom. The minimum Gasteiger partial charge on any atom is -0.310 e. The number of urea groups is 1. The van der Waals surface area contributed by atoms with Gasteiger partial charge in [-0.1, -0.05) is 24.3 Å². The number of hydrogen-bond acceptors (Lipinski definition) is 2. The molecule has 6 heteroatoms. The summed E-state index contributed by atoms with van der Waals surface area (Å²) in [6, 6.07) is 16.2. The molecular weight excluding hydrogens is 457 g/mol. The lowest BCUT2D eigenvalue weighted by Crippen LogP contribution is -2.38. The van der Waals surface area contributed by atoms with E-state index in [2.05, 4.69) is 35.1 Å². The van der Waals surface area contributed by atoms with Crippen molar-refractivity contribution in [1.82, 2.24) is 9.47 Å². The summed E-state index contributed by atoms with van der Waals surface area (Å²) in [5.74, 6) is -0.280. The van der Waals surface area contributed by atoms with Gasteiger partial charge in [-0.25, -0.2) is 9.18 Å². The van der Waals surface area contributed by atoms with Crippen molar-refractivity contribution < 1.29 is 9.18 Å². The zero-order valence-electron chi connectivity index (χ0n) is 20.0. The number of aromatic nitrogens is 1. The van der Waals surface area contributed by atoms with Gasteiger partial charge >= 0.3 is 6.03 Å². The molecule has 1 aliphatic heterocycles. The molecule has 3 heterocycles. The molecule has 1 N–H and O–H groups in total. The van der Waals surface area contributed by atoms with Crippen LogP contribution in [0, 0.1) is 19.7 Å². The Kier molecular flexibility index (Phi) is 5.49. The topological polar surface area (TPSA) is 37.3 Å². The highest BCUT2D eigenvalue weighted by Gasteiger charge is 2.36. The molecular formula is C29H28FN3OS. The van der Waals surface area contributed by atoms with E-state index in [1.54, 1.807) is 12.1 Å². The van der Waals surface area contributed by atoms with Crippen molar-refractivity contribution in [3.05, 3.63) is 105 Å². The van der Waals surface area contributed by atoms with E-state index in [9.17, 15) is 9.18 Å². The number of nitrogens with zero attached hydrogens (tertiary/aromatic N) is 2. The number of rotatable bonds is 2. The molecule has 2 aromatic carbocycles. The molecule has 178 valence electrons. The summed E-state index contributed by atoms with van der Waals surface area (Å²) in [6.45, 7) is 4.60. The predicted octanol–water partition coefficient (Wildman–Crippen LogP) is 7.31. The number of carbonyl (C=O) groups is 1. The molecule has 0 saturated heterocycles. The molecule has 1 atom stereocenters. The van der Waals surface area contributed by atoms with Gasteiger partial charge in [0.1, 0.15) is 10.8 Å². The number of benzene rings is 2. The summed E-state index contributed by atoms with van der Waals surface area (Å²) in [6.07, 6.45) is 6.68. The van der Waals surface area contributed by atoms with Crippen molar-refractivity contribution in [2.75, 3.05) is 5.32 Å². The molecule has 2 amide bonds. The molecule has 0 radical (unpaired) electrons. The Bertz CT molecular complexity index is 1420. The van der Waals surface area contributed by atoms with Crippen LogP contribution in [0.5, 0.6) is 0 Å². The van der Waals surface area contributed by atoms with E-state index in [1.165, 1.54) is 46.0 Å². The second-order valence-electron chi connectivity index (χ2n) is 9.56. The van der Waals surface area contributed by atoms with Gasteiger partial charge in [0.05, 0.1) is 18.3 Å². The summed E-state index contributed by atoms with van der Waals surface area (Å²) >= 11 is 1.86. The zero-order valence-corrected chi connectivity index (χ0v) is 20.8. The van der Waals surface area contributed by atoms with E-state index in [1.807, 2.05) is 41.4 Å². The summed E-state index contributed by atoms with van der Waals surface area (Å²) in [5, 5.41) is 4.41. The number of nitrogens with one attached hydrogen (secondary N) is 1. The molecule has 6 rings (SSSR count). The molecule has 4 nitrogen and oxygen atoms in total. The maximum Gasteiger partial charge on any atom is 0.322 e. The molecule has 0 fully saturated rings. The number of amides is 2. The van der Waals surface area contributed by atoms with Crippen LogP contribution in [0.3, 0.4) is 0 Å². The lowest BCUT2D eigenvalue weighted by Gasteiger charge is -2.31. The summed E-state index contributed by atoms with van der Waals surface area (Å²) in [7, 11) is 0. The van der Waals surface area contributed by atoms with Crippen molar-refractivity contribution >= 4 is 23.1 Å². The van der Waals surface area contributed by atoms with Crippen molar-refractivity contribution in [2.24, 2.45) is 0 Å². The van der Waals surface area contributed by atoms with Crippen LogP contribution < -0.4 is 5.32 Å². The minimum atomic E-state index is -0.338. The van der Waals surface area contributed by atoms with Gasteiger partial charge in [-0.3, -0.25) is 0 Å². The van der Waals surface area contributed by atoms with Crippen LogP contribution in [-0.2, 0) is 19.4 Å². The molecule has 0 spiro atoms. The molecule has 4 aromatic rings. The molecule has 35 heavy (non-hydrogen) atoms. The summed E-state index contributed by atoms with van der Waals surface area (Å²) in [4.78, 5) is 17.4. The Labute approximate surface area is 209 Å². The fourth-order valence-electron chi connectivity index (χ4n) is 5.46. The number of hydrogen-bond donors (Lipinski definition) is 1. The number of carbonyl (C=O) groups excluding carboxylic acids is 1. The number of anilines is 1. The molecule has 1 aliphatic carbocycles. The molecule has 2 aliphatic rings. The van der Waals surface area contributed by atoms with Gasteiger partial charge < -0.3 is 14.8 Å². The molecule has 0 saturated carbocycles. The highest BCUT2D eigenvalue weighted by molar-refractivity contribution is 7.15. The quantitative estimate of drug-likeness (QED) is 0.318. The van der Waals surface area contributed by atoms with Gasteiger partial charge in [0.2, 0.25) is 0 Å². The standard InChI is InChI=1S/C29H28FN3OS/c1-18-7-5-9-24(19(18)2)31-29(34)33-17-23-22-8-3-4-11-26(22)35-28(23)32-16-6-10-25(32)27(33)20-12-14-21(30)15-13-20/h5-7,9-10,12-16,27H,3-4,8,11,17H2,1-2H3,(H,31,34)/t27-/m0/s1. The monoisotopic (exact) mass is 485 g/mol. The van der Waals surface area contributed by atoms with Gasteiger partial charge in [0.15, 0.2) is 0 Å². The number of halogens is 1. The predicted molar refractivity (Wildman–Crippen MR) is 139 cm³/mol. The highest BCUT2D eigenvalue weighted by Crippen LogP contribution is 2.44. The first-order valence-electron chi connectivity index (χ1n) is 12.2. The van der Waals surface area contributed by atoms with Crippen LogP contribution in [0.2, 0.25) is 0 Å². The number of thiophene rings is 1. The first-order valence-corrected chi connectivity index (χ1v) is 13.0. The van der Waals surface area contributed by atoms with E-state index < -0.39 is 0 Å². The van der Waals surface area contributed by atoms with E-state index in [0.717, 1.165) is 40.9 Å². The Balaban J connectivity index is 1.50. The fourth-order valence-corrected chi connectivity index (χ4v) is 6.86. The van der Waals surface area contributed by atoms with Crippen LogP contribution >= 0.6 is 11.3 Å². The van der Waals surface area contributed by atoms with Gasteiger partial charge in [-0.2, -0.15) is 0 Å². The molecule has 0 bridgehead atoms. The van der Waals surface area contributed by atoms with Crippen molar-refractivity contribution in [3.63, 3.8) is 0 Å². The second-order valence-corrected chi connectivity index (χ2v) is 10.6. The Morgan fingerprint density at radius 2 is 1.80 bits per heavy atom. The van der Waals surface area contributed by atoms with Crippen LogP contribution in [0.1, 0.15) is 57.3 Å². The van der Waals surface area contributed by atoms with Crippen LogP contribution in [0.15, 0.2) is 60.8 Å². The largest absolute Gasteiger partial charge is 0.322 e. The van der Waals surface area contributed by atoms with Crippen molar-refractivity contribution in [1.29, 1.82) is 0 Å². The van der Waals surface area contributed by atoms with E-state index in [4.69, 9.17) is 0 Å². The smallest absolute Gasteiger partial charge is 0.310 e. The maximum atomic E-state index is 14.0. The van der Waals surface area contributed by atoms with Gasteiger partial charge in [-0.05, 0) is 92.1 Å². The van der Waals surface area contributed by atoms with Gasteiger partial charge in [-0.15, -0.1) is 11.3 Å². The van der Waals surface area contributed by atoms with E-state index in [0.29, 0.717) is 6.54 Å². The summed E-state index contributed by atoms with van der Waals surface area (Å²) < 4.78 is 16.1. The SMILES string of the molecule is Cc1cccc(NC(=O)N2Cc3c(sc4c3CCCC4)-n3cccc3[C@@H]2c2ccc(F)cc2)c1C. The fraction of sp³-hybridized carbons (Fsp3) is 0.276. The summed E-state index contributed by atoms with van der Waals surface area (Å²) in [5.41, 5.74) is 7.60. The third-order valence-electron chi connectivity index (χ3n) is 7.47. The van der Waals surface area contributed by atoms with Crippen molar-refractivity contribution in [3.8, 4) is 5.00 Å². The van der Waals surface area contributed by atoms with E-state index in [-0.39, 0.29) is 17.9 Å². The second kappa shape index (κ2) is 8.68. The lowest BCUT2D eigenvalue weighted by atomic mass is 9.95. The van der Waals surface area contributed by atoms with Crippen molar-refractivity contribution in [2.45, 2.75) is 52.1 Å². The Hall–Kier alpha value is -3.38. The Morgan fingerprint density at radius 3 is 2.63 bits per heavy atom. The molecule has 2 aromatic heterocycles. The van der Waals surface area contributed by atoms with Gasteiger partial charge in [0, 0.05) is 22.3 Å².